The molecule has 0 radical (unpaired) electrons. The molecule has 4 nitrogen and oxygen atoms in total. The number of hydrogen-bond acceptors (Lipinski definition) is 2. The number of thiocarbonyl (C=S) groups is 1. The molecule has 160 valence electrons. The summed E-state index contributed by atoms with van der Waals surface area (Å²) in [6.45, 7) is 4.44. The summed E-state index contributed by atoms with van der Waals surface area (Å²) in [6.07, 6.45) is 8.21. The van der Waals surface area contributed by atoms with E-state index in [0.29, 0.717) is 6.04 Å². The van der Waals surface area contributed by atoms with Crippen LogP contribution >= 0.6 is 12.2 Å². The van der Waals surface area contributed by atoms with Gasteiger partial charge >= 0.3 is 0 Å². The van der Waals surface area contributed by atoms with Crippen molar-refractivity contribution in [2.75, 3.05) is 0 Å². The van der Waals surface area contributed by atoms with Crippen LogP contribution in [0, 0.1) is 13.8 Å². The fourth-order valence-corrected chi connectivity index (χ4v) is 5.90. The minimum absolute atomic E-state index is 0.0559. The Balaban J connectivity index is 1.62. The van der Waals surface area contributed by atoms with Crippen LogP contribution in [0.25, 0.3) is 5.69 Å². The maximum Gasteiger partial charge on any atom is 0.170 e. The lowest BCUT2D eigenvalue weighted by atomic mass is 9.90. The van der Waals surface area contributed by atoms with Crippen molar-refractivity contribution in [2.24, 2.45) is 0 Å². The van der Waals surface area contributed by atoms with Crippen LogP contribution in [-0.4, -0.2) is 25.6 Å². The van der Waals surface area contributed by atoms with Gasteiger partial charge in [-0.3, -0.25) is 4.98 Å². The van der Waals surface area contributed by atoms with Gasteiger partial charge in [0.15, 0.2) is 5.11 Å². The summed E-state index contributed by atoms with van der Waals surface area (Å²) in [5, 5.41) is 4.52. The first kappa shape index (κ1) is 20.3. The van der Waals surface area contributed by atoms with Gasteiger partial charge in [-0.2, -0.15) is 0 Å². The molecule has 31 heavy (non-hydrogen) atoms. The minimum atomic E-state index is 0.0559. The first-order valence-corrected chi connectivity index (χ1v) is 11.8. The van der Waals surface area contributed by atoms with Crippen LogP contribution < -0.4 is 5.32 Å². The molecule has 1 saturated heterocycles. The molecule has 0 amide bonds. The van der Waals surface area contributed by atoms with Crippen LogP contribution in [0.1, 0.15) is 66.8 Å². The van der Waals surface area contributed by atoms with E-state index in [4.69, 9.17) is 17.2 Å². The van der Waals surface area contributed by atoms with E-state index in [-0.39, 0.29) is 12.1 Å². The fraction of sp³-hybridized carbons (Fsp3) is 0.385. The van der Waals surface area contributed by atoms with Crippen molar-refractivity contribution in [3.8, 4) is 5.69 Å². The molecule has 3 heterocycles. The number of nitrogens with one attached hydrogen (secondary N) is 1. The molecular formula is C26H30N4S. The maximum absolute atomic E-state index is 5.93. The Morgan fingerprint density at radius 3 is 2.42 bits per heavy atom. The van der Waals surface area contributed by atoms with E-state index in [9.17, 15) is 0 Å². The van der Waals surface area contributed by atoms with Crippen molar-refractivity contribution in [1.29, 1.82) is 0 Å². The van der Waals surface area contributed by atoms with Crippen molar-refractivity contribution in [2.45, 2.75) is 64.1 Å². The lowest BCUT2D eigenvalue weighted by molar-refractivity contribution is 0.197. The Hall–Kier alpha value is -2.66. The standard InChI is InChI=1S/C26H30N4S/c1-18-17-22(19(2)29(18)20-11-5-3-6-12-20)25-24(23-15-9-10-16-27-23)28-26(31)30(25)21-13-7-4-8-14-21/h3,5-6,9-12,15-17,21,24-25H,4,7-8,13-14H2,1-2H3,(H,28,31). The SMILES string of the molecule is Cc1cc(C2C(c3ccccn3)NC(=S)N2C2CCCCC2)c(C)n1-c1ccccc1. The quantitative estimate of drug-likeness (QED) is 0.531. The van der Waals surface area contributed by atoms with E-state index in [2.05, 4.69) is 77.2 Å². The summed E-state index contributed by atoms with van der Waals surface area (Å²) in [5.41, 5.74) is 6.13. The van der Waals surface area contributed by atoms with Crippen LogP contribution in [-0.2, 0) is 0 Å². The van der Waals surface area contributed by atoms with Gasteiger partial charge in [-0.25, -0.2) is 0 Å². The van der Waals surface area contributed by atoms with Crippen LogP contribution in [0.3, 0.4) is 0 Å². The molecule has 0 bridgehead atoms. The molecular weight excluding hydrogens is 400 g/mol. The third kappa shape index (κ3) is 3.65. The van der Waals surface area contributed by atoms with E-state index in [0.717, 1.165) is 10.8 Å². The maximum atomic E-state index is 5.93. The van der Waals surface area contributed by atoms with Crippen molar-refractivity contribution in [1.82, 2.24) is 19.8 Å². The smallest absolute Gasteiger partial charge is 0.170 e. The molecule has 1 aliphatic heterocycles. The Kier molecular flexibility index (Phi) is 5.53. The van der Waals surface area contributed by atoms with Crippen LogP contribution in [0.15, 0.2) is 60.8 Å². The first-order chi connectivity index (χ1) is 15.1. The zero-order valence-corrected chi connectivity index (χ0v) is 19.1. The van der Waals surface area contributed by atoms with Gasteiger partial charge in [0.1, 0.15) is 0 Å². The van der Waals surface area contributed by atoms with Crippen molar-refractivity contribution in [3.63, 3.8) is 0 Å². The topological polar surface area (TPSA) is 33.1 Å². The van der Waals surface area contributed by atoms with E-state index >= 15 is 0 Å². The van der Waals surface area contributed by atoms with E-state index in [1.807, 2.05) is 12.3 Å². The fourth-order valence-electron chi connectivity index (χ4n) is 5.51. The molecule has 0 spiro atoms. The lowest BCUT2D eigenvalue weighted by Crippen LogP contribution is -2.40. The number of benzene rings is 1. The van der Waals surface area contributed by atoms with Crippen molar-refractivity contribution in [3.05, 3.63) is 83.4 Å². The summed E-state index contributed by atoms with van der Waals surface area (Å²) >= 11 is 5.93. The molecule has 1 N–H and O–H groups in total. The monoisotopic (exact) mass is 430 g/mol. The van der Waals surface area contributed by atoms with Gasteiger partial charge < -0.3 is 14.8 Å². The van der Waals surface area contributed by atoms with Crippen molar-refractivity contribution >= 4 is 17.3 Å². The number of hydrogen-bond donors (Lipinski definition) is 1. The minimum Gasteiger partial charge on any atom is -0.352 e. The van der Waals surface area contributed by atoms with Gasteiger partial charge in [-0.05, 0) is 74.8 Å². The molecule has 1 aromatic carbocycles. The second kappa shape index (κ2) is 8.46. The molecule has 2 atom stereocenters. The number of aryl methyl sites for hydroxylation is 1. The molecule has 1 saturated carbocycles. The highest BCUT2D eigenvalue weighted by Gasteiger charge is 2.44. The molecule has 2 unspecified atom stereocenters. The average Bonchev–Trinajstić information content (AvgIpc) is 3.30. The van der Waals surface area contributed by atoms with Gasteiger partial charge in [-0.1, -0.05) is 43.5 Å². The third-order valence-electron chi connectivity index (χ3n) is 6.91. The summed E-state index contributed by atoms with van der Waals surface area (Å²) in [5.74, 6) is 0. The zero-order chi connectivity index (χ0) is 21.4. The number of para-hydroxylation sites is 1. The largest absolute Gasteiger partial charge is 0.352 e. The van der Waals surface area contributed by atoms with Crippen molar-refractivity contribution < 1.29 is 0 Å². The second-order valence-electron chi connectivity index (χ2n) is 8.82. The normalized spacial score (nSPS) is 22.0. The summed E-state index contributed by atoms with van der Waals surface area (Å²) < 4.78 is 2.37. The number of pyridine rings is 1. The average molecular weight is 431 g/mol. The van der Waals surface area contributed by atoms with Gasteiger partial charge in [0.05, 0.1) is 17.8 Å². The molecule has 2 aromatic heterocycles. The van der Waals surface area contributed by atoms with Crippen LogP contribution in [0.4, 0.5) is 0 Å². The highest BCUT2D eigenvalue weighted by atomic mass is 32.1. The summed E-state index contributed by atoms with van der Waals surface area (Å²) in [6, 6.07) is 19.8. The predicted octanol–water partition coefficient (Wildman–Crippen LogP) is 5.79. The van der Waals surface area contributed by atoms with Gasteiger partial charge in [0.25, 0.3) is 0 Å². The highest BCUT2D eigenvalue weighted by molar-refractivity contribution is 7.80. The Morgan fingerprint density at radius 1 is 0.968 bits per heavy atom. The molecule has 1 aliphatic carbocycles. The third-order valence-corrected chi connectivity index (χ3v) is 7.24. The highest BCUT2D eigenvalue weighted by Crippen LogP contribution is 2.44. The molecule has 3 aromatic rings. The Labute approximate surface area is 190 Å². The van der Waals surface area contributed by atoms with E-state index < -0.39 is 0 Å². The number of nitrogens with zero attached hydrogens (tertiary/aromatic N) is 3. The van der Waals surface area contributed by atoms with Gasteiger partial charge in [0.2, 0.25) is 0 Å². The zero-order valence-electron chi connectivity index (χ0n) is 18.3. The van der Waals surface area contributed by atoms with Crippen LogP contribution in [0.2, 0.25) is 0 Å². The summed E-state index contributed by atoms with van der Waals surface area (Å²) in [7, 11) is 0. The molecule has 5 heteroatoms. The molecule has 2 aliphatic rings. The summed E-state index contributed by atoms with van der Waals surface area (Å²) in [4.78, 5) is 7.22. The van der Waals surface area contributed by atoms with E-state index in [1.54, 1.807) is 0 Å². The van der Waals surface area contributed by atoms with E-state index in [1.165, 1.54) is 54.7 Å². The first-order valence-electron chi connectivity index (χ1n) is 11.4. The van der Waals surface area contributed by atoms with Crippen LogP contribution in [0.5, 0.6) is 0 Å². The second-order valence-corrected chi connectivity index (χ2v) is 9.21. The molecule has 5 rings (SSSR count). The predicted molar refractivity (Wildman–Crippen MR) is 129 cm³/mol. The number of rotatable bonds is 4. The van der Waals surface area contributed by atoms with Gasteiger partial charge in [0, 0.05) is 29.3 Å². The number of aromatic nitrogens is 2. The lowest BCUT2D eigenvalue weighted by Gasteiger charge is -2.37. The van der Waals surface area contributed by atoms with Gasteiger partial charge in [-0.15, -0.1) is 0 Å². The Morgan fingerprint density at radius 2 is 1.71 bits per heavy atom. The molecule has 2 fully saturated rings. The Bertz CT molecular complexity index is 1050.